The normalized spacial score (nSPS) is 21.3. The van der Waals surface area contributed by atoms with Crippen molar-refractivity contribution in [1.82, 2.24) is 20.6 Å². The van der Waals surface area contributed by atoms with Gasteiger partial charge in [0.05, 0.1) is 0 Å². The van der Waals surface area contributed by atoms with Crippen LogP contribution in [-0.4, -0.2) is 28.1 Å². The van der Waals surface area contributed by atoms with Gasteiger partial charge in [-0.2, -0.15) is 0 Å². The second kappa shape index (κ2) is 7.17. The Labute approximate surface area is 126 Å². The Balaban J connectivity index is 2.23. The van der Waals surface area contributed by atoms with Gasteiger partial charge in [-0.05, 0) is 31.5 Å². The number of rotatable bonds is 6. The van der Waals surface area contributed by atoms with Gasteiger partial charge in [0.25, 0.3) is 0 Å². The quantitative estimate of drug-likeness (QED) is 0.748. The van der Waals surface area contributed by atoms with E-state index in [1.807, 2.05) is 6.07 Å². The number of nitrogens with zero attached hydrogens (tertiary/aromatic N) is 3. The van der Waals surface area contributed by atoms with Gasteiger partial charge in [0.15, 0.2) is 0 Å². The van der Waals surface area contributed by atoms with Crippen molar-refractivity contribution < 1.29 is 0 Å². The molecule has 0 amide bonds. The van der Waals surface area contributed by atoms with Crippen LogP contribution in [0.3, 0.4) is 0 Å². The fourth-order valence-corrected chi connectivity index (χ4v) is 2.39. The first-order chi connectivity index (χ1) is 10.2. The number of aliphatic imine (C=N–C) groups is 1. The van der Waals surface area contributed by atoms with Gasteiger partial charge in [-0.25, -0.2) is 15.0 Å². The lowest BCUT2D eigenvalue weighted by atomic mass is 10.0. The molecule has 0 aromatic carbocycles. The Morgan fingerprint density at radius 2 is 2.14 bits per heavy atom. The van der Waals surface area contributed by atoms with Gasteiger partial charge in [0, 0.05) is 11.9 Å². The van der Waals surface area contributed by atoms with Gasteiger partial charge in [-0.3, -0.25) is 5.32 Å². The molecule has 1 aromatic rings. The number of nitrogens with one attached hydrogen (secondary N) is 3. The molecule has 0 radical (unpaired) electrons. The topological polar surface area (TPSA) is 74.2 Å². The minimum atomic E-state index is -0.347. The monoisotopic (exact) mass is 288 g/mol. The van der Waals surface area contributed by atoms with E-state index < -0.39 is 0 Å². The van der Waals surface area contributed by atoms with Gasteiger partial charge in [0.1, 0.15) is 17.8 Å². The van der Waals surface area contributed by atoms with Crippen LogP contribution in [0.4, 0.5) is 5.82 Å². The molecule has 1 aliphatic heterocycles. The van der Waals surface area contributed by atoms with Crippen LogP contribution in [0.25, 0.3) is 0 Å². The van der Waals surface area contributed by atoms with Crippen molar-refractivity contribution in [2.75, 3.05) is 11.9 Å². The van der Waals surface area contributed by atoms with Crippen LogP contribution in [0.5, 0.6) is 0 Å². The van der Waals surface area contributed by atoms with Crippen LogP contribution in [0.2, 0.25) is 0 Å². The Kier molecular flexibility index (Phi) is 5.27. The maximum absolute atomic E-state index is 4.80. The smallest absolute Gasteiger partial charge is 0.203 e. The van der Waals surface area contributed by atoms with Crippen LogP contribution in [0.1, 0.15) is 40.0 Å². The third-order valence-corrected chi connectivity index (χ3v) is 3.37. The second-order valence-corrected chi connectivity index (χ2v) is 5.03. The van der Waals surface area contributed by atoms with E-state index in [9.17, 15) is 0 Å². The third-order valence-electron chi connectivity index (χ3n) is 3.37. The summed E-state index contributed by atoms with van der Waals surface area (Å²) in [5, 5.41) is 10.0. The number of hydrogen-bond donors (Lipinski definition) is 3. The molecule has 2 heterocycles. The summed E-state index contributed by atoms with van der Waals surface area (Å²) in [6, 6.07) is 1.82. The maximum Gasteiger partial charge on any atom is 0.203 e. The van der Waals surface area contributed by atoms with Crippen molar-refractivity contribution in [3.63, 3.8) is 0 Å². The average Bonchev–Trinajstić information content (AvgIpc) is 2.49. The highest BCUT2D eigenvalue weighted by atomic mass is 15.3. The van der Waals surface area contributed by atoms with Crippen LogP contribution in [0, 0.1) is 0 Å². The highest BCUT2D eigenvalue weighted by molar-refractivity contribution is 5.95. The number of aromatic nitrogens is 2. The lowest BCUT2D eigenvalue weighted by Gasteiger charge is -2.33. The molecule has 1 atom stereocenters. The van der Waals surface area contributed by atoms with Crippen molar-refractivity contribution in [3.05, 3.63) is 30.4 Å². The summed E-state index contributed by atoms with van der Waals surface area (Å²) < 4.78 is 0. The summed E-state index contributed by atoms with van der Waals surface area (Å²) in [4.78, 5) is 12.9. The predicted molar refractivity (Wildman–Crippen MR) is 85.9 cm³/mol. The van der Waals surface area contributed by atoms with Crippen LogP contribution >= 0.6 is 0 Å². The molecule has 2 rings (SSSR count). The Hall–Kier alpha value is -1.95. The lowest BCUT2D eigenvalue weighted by molar-refractivity contribution is 0.405. The molecule has 3 N–H and O–H groups in total. The lowest BCUT2D eigenvalue weighted by Crippen LogP contribution is -2.48. The van der Waals surface area contributed by atoms with E-state index in [1.165, 1.54) is 12.0 Å². The second-order valence-electron chi connectivity index (χ2n) is 5.03. The fraction of sp³-hybridized carbons (Fsp3) is 0.533. The first kappa shape index (κ1) is 15.4. The zero-order valence-electron chi connectivity index (χ0n) is 13.0. The summed E-state index contributed by atoms with van der Waals surface area (Å²) in [5.41, 5.74) is 0.840. The van der Waals surface area contributed by atoms with E-state index in [0.717, 1.165) is 37.6 Å². The maximum atomic E-state index is 4.80. The molecule has 0 saturated heterocycles. The van der Waals surface area contributed by atoms with Crippen molar-refractivity contribution in [1.29, 1.82) is 0 Å². The molecule has 6 nitrogen and oxygen atoms in total. The Morgan fingerprint density at radius 1 is 1.29 bits per heavy atom. The highest BCUT2D eigenvalue weighted by Gasteiger charge is 2.28. The zero-order chi connectivity index (χ0) is 15.1. The summed E-state index contributed by atoms with van der Waals surface area (Å²) in [6.45, 7) is 7.28. The predicted octanol–water partition coefficient (Wildman–Crippen LogP) is 2.25. The number of guanidine groups is 1. The molecule has 6 heteroatoms. The molecule has 0 spiro atoms. The van der Waals surface area contributed by atoms with Crippen LogP contribution < -0.4 is 16.0 Å². The summed E-state index contributed by atoms with van der Waals surface area (Å²) in [7, 11) is 0. The van der Waals surface area contributed by atoms with Crippen molar-refractivity contribution in [3.8, 4) is 0 Å². The molecular weight excluding hydrogens is 264 g/mol. The van der Waals surface area contributed by atoms with Crippen molar-refractivity contribution in [2.45, 2.75) is 45.7 Å². The van der Waals surface area contributed by atoms with E-state index in [-0.39, 0.29) is 5.66 Å². The minimum Gasteiger partial charge on any atom is -0.330 e. The van der Waals surface area contributed by atoms with Gasteiger partial charge in [-0.1, -0.05) is 27.2 Å². The first-order valence-electron chi connectivity index (χ1n) is 7.58. The molecule has 21 heavy (non-hydrogen) atoms. The van der Waals surface area contributed by atoms with Crippen molar-refractivity contribution >= 4 is 11.8 Å². The average molecular weight is 288 g/mol. The zero-order valence-corrected chi connectivity index (χ0v) is 13.0. The van der Waals surface area contributed by atoms with Gasteiger partial charge in [-0.15, -0.1) is 0 Å². The van der Waals surface area contributed by atoms with Crippen LogP contribution in [-0.2, 0) is 0 Å². The molecule has 1 aliphatic rings. The Morgan fingerprint density at radius 3 is 2.76 bits per heavy atom. The number of likely N-dealkylation sites (N-methyl/N-ethyl adjacent to an activating group) is 1. The van der Waals surface area contributed by atoms with E-state index in [2.05, 4.69) is 52.8 Å². The highest BCUT2D eigenvalue weighted by Crippen LogP contribution is 2.22. The van der Waals surface area contributed by atoms with E-state index >= 15 is 0 Å². The number of anilines is 1. The largest absolute Gasteiger partial charge is 0.330 e. The molecule has 0 bridgehead atoms. The van der Waals surface area contributed by atoms with Crippen molar-refractivity contribution in [2.24, 2.45) is 4.99 Å². The molecule has 114 valence electrons. The molecule has 0 aliphatic carbocycles. The summed E-state index contributed by atoms with van der Waals surface area (Å²) >= 11 is 0. The van der Waals surface area contributed by atoms with Gasteiger partial charge < -0.3 is 10.6 Å². The fourth-order valence-electron chi connectivity index (χ4n) is 2.39. The number of hydrogen-bond acceptors (Lipinski definition) is 6. The summed E-state index contributed by atoms with van der Waals surface area (Å²) in [5.74, 6) is 1.46. The molecule has 1 unspecified atom stereocenters. The van der Waals surface area contributed by atoms with E-state index in [1.54, 1.807) is 6.20 Å². The first-order valence-corrected chi connectivity index (χ1v) is 7.58. The third kappa shape index (κ3) is 4.01. The van der Waals surface area contributed by atoms with E-state index in [0.29, 0.717) is 0 Å². The van der Waals surface area contributed by atoms with Gasteiger partial charge >= 0.3 is 0 Å². The van der Waals surface area contributed by atoms with Crippen LogP contribution in [0.15, 0.2) is 35.4 Å². The molecule has 1 aromatic heterocycles. The van der Waals surface area contributed by atoms with E-state index in [4.69, 9.17) is 4.99 Å². The minimum absolute atomic E-state index is 0.347. The Bertz CT molecular complexity index is 510. The number of allylic oxidation sites excluding steroid dienone is 1. The summed E-state index contributed by atoms with van der Waals surface area (Å²) in [6.07, 6.45) is 8.41. The molecule has 0 saturated carbocycles. The van der Waals surface area contributed by atoms with Gasteiger partial charge in [0.2, 0.25) is 5.96 Å². The molecule has 0 fully saturated rings. The standard InChI is InChI=1S/C15H24N6/c1-4-7-12-10-15(5-2,18-6-3)21-14(19-12)20-13-8-9-16-11-17-13/h8-11,18H,4-7H2,1-3H3,(H2,16,17,19,20,21). The SMILES string of the molecule is CCCC1=CC(CC)(NCC)N=C(Nc2ccncn2)N1. The molecular formula is C15H24N6.